The summed E-state index contributed by atoms with van der Waals surface area (Å²) < 4.78 is 59.6. The van der Waals surface area contributed by atoms with Gasteiger partial charge in [0, 0.05) is 24.2 Å². The number of nitrogens with zero attached hydrogens (tertiary/aromatic N) is 3. The molecule has 2 aromatic heterocycles. The lowest BCUT2D eigenvalue weighted by Gasteiger charge is -2.21. The molecular weight excluding hydrogens is 683 g/mol. The van der Waals surface area contributed by atoms with Gasteiger partial charge in [0.2, 0.25) is 5.95 Å². The van der Waals surface area contributed by atoms with E-state index in [1.54, 1.807) is 26.0 Å². The Kier molecular flexibility index (Phi) is 10.7. The molecule has 4 rings (SSSR count). The summed E-state index contributed by atoms with van der Waals surface area (Å²) in [6.07, 6.45) is -3.33. The van der Waals surface area contributed by atoms with Gasteiger partial charge in [0.1, 0.15) is 12.3 Å². The molecule has 1 aromatic carbocycles. The SMILES string of the molecule is CC(C)[C@@H](OCc1cn([C@H]2C[C@H](O)[C@@H](COP(=O)(O)OP(=O)(O)OP(=O)(O)O)O2)c2nc(N)[nH]c(=O)c12)c1ccccc1[N+](=O)[O-]. The number of nitrogen functional groups attached to an aromatic ring is 1. The number of aliphatic hydroxyl groups is 1. The standard InChI is InChI=1S/C22H30N5O16P3/c1-11(2)19(13-5-3-4-6-14(13)27(30)31)39-9-12-8-26(20-18(12)21(29)25-22(23)24-20)17-7-15(28)16(41-17)10-40-45(35,36)43-46(37,38)42-44(32,33)34/h3-6,8,11,15-17,19,28H,7,9-10H2,1-2H3,(H,35,36)(H,37,38)(H2,32,33,34)(H3,23,24,25,29)/t15-,16+,17+,19+/m0/s1. The van der Waals surface area contributed by atoms with Gasteiger partial charge in [0.15, 0.2) is 5.65 Å². The number of nitrogens with one attached hydrogen (secondary N) is 1. The lowest BCUT2D eigenvalue weighted by atomic mass is 9.97. The smallest absolute Gasteiger partial charge is 0.390 e. The molecule has 0 spiro atoms. The third-order valence-corrected chi connectivity index (χ3v) is 10.4. The third kappa shape index (κ3) is 8.72. The molecule has 3 heterocycles. The number of H-pyrrole nitrogens is 1. The van der Waals surface area contributed by atoms with Crippen LogP contribution in [0.4, 0.5) is 11.6 Å². The van der Waals surface area contributed by atoms with Crippen molar-refractivity contribution in [2.75, 3.05) is 12.3 Å². The maximum Gasteiger partial charge on any atom is 0.490 e. The molecule has 0 bridgehead atoms. The molecule has 46 heavy (non-hydrogen) atoms. The van der Waals surface area contributed by atoms with E-state index in [0.29, 0.717) is 5.56 Å². The highest BCUT2D eigenvalue weighted by Gasteiger charge is 2.43. The zero-order valence-electron chi connectivity index (χ0n) is 23.9. The number of aromatic nitrogens is 3. The molecule has 2 unspecified atom stereocenters. The van der Waals surface area contributed by atoms with Crippen LogP contribution in [-0.4, -0.2) is 63.0 Å². The molecule has 8 N–H and O–H groups in total. The average Bonchev–Trinajstić information content (AvgIpc) is 3.45. The van der Waals surface area contributed by atoms with E-state index < -0.39 is 65.1 Å². The van der Waals surface area contributed by atoms with E-state index in [0.717, 1.165) is 0 Å². The van der Waals surface area contributed by atoms with Gasteiger partial charge in [0.25, 0.3) is 11.2 Å². The zero-order chi connectivity index (χ0) is 34.2. The number of ether oxygens (including phenoxy) is 2. The number of para-hydroxylation sites is 1. The Morgan fingerprint density at radius 3 is 2.48 bits per heavy atom. The van der Waals surface area contributed by atoms with Crippen molar-refractivity contribution in [3.63, 3.8) is 0 Å². The van der Waals surface area contributed by atoms with Gasteiger partial charge in [-0.1, -0.05) is 26.0 Å². The molecule has 1 saturated heterocycles. The molecule has 6 atom stereocenters. The van der Waals surface area contributed by atoms with Crippen LogP contribution in [-0.2, 0) is 42.9 Å². The van der Waals surface area contributed by atoms with Crippen LogP contribution in [0.1, 0.15) is 43.7 Å². The second kappa shape index (κ2) is 13.7. The summed E-state index contributed by atoms with van der Waals surface area (Å²) in [7, 11) is -16.9. The van der Waals surface area contributed by atoms with Crippen LogP contribution < -0.4 is 11.3 Å². The van der Waals surface area contributed by atoms with Crippen molar-refractivity contribution in [3.05, 3.63) is 62.1 Å². The molecule has 254 valence electrons. The summed E-state index contributed by atoms with van der Waals surface area (Å²) in [5.74, 6) is -0.489. The fraction of sp³-hybridized carbons (Fsp3) is 0.455. The topological polar surface area (TPSA) is 318 Å². The number of fused-ring (bicyclic) bond motifs is 1. The van der Waals surface area contributed by atoms with Crippen molar-refractivity contribution in [1.29, 1.82) is 0 Å². The number of hydrogen-bond donors (Lipinski definition) is 7. The number of aliphatic hydroxyl groups excluding tert-OH is 1. The normalized spacial score (nSPS) is 22.1. The predicted octanol–water partition coefficient (Wildman–Crippen LogP) is 2.12. The first-order valence-electron chi connectivity index (χ1n) is 13.1. The second-order valence-corrected chi connectivity index (χ2v) is 14.7. The van der Waals surface area contributed by atoms with Gasteiger partial charge >= 0.3 is 23.5 Å². The van der Waals surface area contributed by atoms with Crippen LogP contribution in [0, 0.1) is 16.0 Å². The molecule has 0 amide bonds. The van der Waals surface area contributed by atoms with Gasteiger partial charge < -0.3 is 44.5 Å². The highest BCUT2D eigenvalue weighted by molar-refractivity contribution is 7.66. The van der Waals surface area contributed by atoms with E-state index in [4.69, 9.17) is 25.0 Å². The Morgan fingerprint density at radius 2 is 1.85 bits per heavy atom. The molecule has 0 radical (unpaired) electrons. The van der Waals surface area contributed by atoms with E-state index in [1.807, 2.05) is 0 Å². The van der Waals surface area contributed by atoms with Crippen LogP contribution in [0.3, 0.4) is 0 Å². The van der Waals surface area contributed by atoms with Crippen LogP contribution in [0.15, 0.2) is 35.3 Å². The molecular formula is C22H30N5O16P3. The number of hydrogen-bond acceptors (Lipinski definition) is 14. The van der Waals surface area contributed by atoms with Gasteiger partial charge in [-0.3, -0.25) is 24.4 Å². The number of nitro groups is 1. The minimum absolute atomic E-state index is 0.0115. The summed E-state index contributed by atoms with van der Waals surface area (Å²) in [4.78, 5) is 67.0. The molecule has 1 aliphatic heterocycles. The first-order valence-corrected chi connectivity index (χ1v) is 17.6. The van der Waals surface area contributed by atoms with Crippen LogP contribution >= 0.6 is 23.5 Å². The summed E-state index contributed by atoms with van der Waals surface area (Å²) in [6.45, 7) is 2.46. The van der Waals surface area contributed by atoms with Gasteiger partial charge in [0.05, 0.1) is 41.3 Å². The van der Waals surface area contributed by atoms with E-state index in [9.17, 15) is 43.5 Å². The number of phosphoric ester groups is 1. The van der Waals surface area contributed by atoms with Crippen LogP contribution in [0.5, 0.6) is 0 Å². The summed E-state index contributed by atoms with van der Waals surface area (Å²) >= 11 is 0. The van der Waals surface area contributed by atoms with Crippen LogP contribution in [0.2, 0.25) is 0 Å². The number of nitrogens with two attached hydrogens (primary N) is 1. The fourth-order valence-electron chi connectivity index (χ4n) is 4.80. The summed E-state index contributed by atoms with van der Waals surface area (Å²) in [5, 5.41) is 22.2. The van der Waals surface area contributed by atoms with Gasteiger partial charge in [-0.25, -0.2) is 13.7 Å². The quantitative estimate of drug-likeness (QED) is 0.0714. The highest BCUT2D eigenvalue weighted by atomic mass is 31.3. The maximum atomic E-state index is 13.0. The molecule has 0 saturated carbocycles. The van der Waals surface area contributed by atoms with Gasteiger partial charge in [-0.2, -0.15) is 13.6 Å². The highest BCUT2D eigenvalue weighted by Crippen LogP contribution is 2.66. The van der Waals surface area contributed by atoms with Crippen molar-refractivity contribution in [1.82, 2.24) is 14.5 Å². The second-order valence-electron chi connectivity index (χ2n) is 10.3. The number of phosphoric acid groups is 3. The monoisotopic (exact) mass is 713 g/mol. The number of aromatic amines is 1. The molecule has 1 fully saturated rings. The number of anilines is 1. The minimum Gasteiger partial charge on any atom is -0.390 e. The largest absolute Gasteiger partial charge is 0.490 e. The minimum atomic E-state index is -5.76. The number of rotatable bonds is 14. The Bertz CT molecular complexity index is 1810. The molecule has 3 aromatic rings. The van der Waals surface area contributed by atoms with Crippen molar-refractivity contribution in [2.45, 2.75) is 51.4 Å². The summed E-state index contributed by atoms with van der Waals surface area (Å²) in [6, 6.07) is 6.07. The molecule has 21 nitrogen and oxygen atoms in total. The Morgan fingerprint density at radius 1 is 1.17 bits per heavy atom. The molecule has 1 aliphatic rings. The Labute approximate surface area is 258 Å². The Balaban J connectivity index is 1.56. The Hall–Kier alpha value is -2.87. The molecule has 0 aliphatic carbocycles. The number of benzene rings is 1. The zero-order valence-corrected chi connectivity index (χ0v) is 26.6. The third-order valence-electron chi connectivity index (χ3n) is 6.58. The lowest BCUT2D eigenvalue weighted by Crippen LogP contribution is -2.26. The number of nitro benzene ring substituents is 1. The fourth-order valence-corrected chi connectivity index (χ4v) is 7.83. The van der Waals surface area contributed by atoms with E-state index >= 15 is 0 Å². The molecule has 24 heteroatoms. The van der Waals surface area contributed by atoms with Crippen molar-refractivity contribution < 1.29 is 65.9 Å². The van der Waals surface area contributed by atoms with E-state index in [2.05, 4.69) is 23.1 Å². The summed E-state index contributed by atoms with van der Waals surface area (Å²) in [5.41, 5.74) is 5.59. The average molecular weight is 713 g/mol. The lowest BCUT2D eigenvalue weighted by molar-refractivity contribution is -0.386. The van der Waals surface area contributed by atoms with Crippen molar-refractivity contribution >= 4 is 46.1 Å². The van der Waals surface area contributed by atoms with Crippen molar-refractivity contribution in [2.24, 2.45) is 5.92 Å². The van der Waals surface area contributed by atoms with Gasteiger partial charge in [-0.05, 0) is 12.0 Å². The van der Waals surface area contributed by atoms with Crippen LogP contribution in [0.25, 0.3) is 11.0 Å². The van der Waals surface area contributed by atoms with Crippen molar-refractivity contribution in [3.8, 4) is 0 Å². The van der Waals surface area contributed by atoms with E-state index in [1.165, 1.54) is 22.9 Å². The first-order chi connectivity index (χ1) is 21.3. The first kappa shape index (κ1) is 36.0. The van der Waals surface area contributed by atoms with Gasteiger partial charge in [-0.15, -0.1) is 0 Å². The maximum absolute atomic E-state index is 13.0. The van der Waals surface area contributed by atoms with E-state index in [-0.39, 0.29) is 47.2 Å². The predicted molar refractivity (Wildman–Crippen MR) is 155 cm³/mol.